The predicted octanol–water partition coefficient (Wildman–Crippen LogP) is 2.75. The van der Waals surface area contributed by atoms with Crippen molar-refractivity contribution in [1.29, 1.82) is 0 Å². The van der Waals surface area contributed by atoms with E-state index in [2.05, 4.69) is 19.2 Å². The van der Waals surface area contributed by atoms with Crippen LogP contribution in [0.4, 0.5) is 0 Å². The molecule has 0 aromatic heterocycles. The van der Waals surface area contributed by atoms with Crippen molar-refractivity contribution in [1.82, 2.24) is 5.32 Å². The van der Waals surface area contributed by atoms with Crippen LogP contribution in [0.15, 0.2) is 12.1 Å². The third-order valence-corrected chi connectivity index (χ3v) is 2.43. The predicted molar refractivity (Wildman–Crippen MR) is 64.1 cm³/mol. The molecule has 1 rings (SSSR count). The number of rotatable bonds is 4. The van der Waals surface area contributed by atoms with E-state index in [1.165, 1.54) is 5.56 Å². The lowest BCUT2D eigenvalue weighted by atomic mass is 10.1. The Morgan fingerprint density at radius 2 is 1.73 bits per heavy atom. The Hall–Kier alpha value is -1.02. The first kappa shape index (κ1) is 12.1. The largest absolute Gasteiger partial charge is 0.507 e. The van der Waals surface area contributed by atoms with Crippen molar-refractivity contribution in [2.24, 2.45) is 5.92 Å². The van der Waals surface area contributed by atoms with E-state index >= 15 is 0 Å². The summed E-state index contributed by atoms with van der Waals surface area (Å²) in [5.41, 5.74) is 3.15. The molecular formula is C13H21NO. The molecule has 0 amide bonds. The second-order valence-electron chi connectivity index (χ2n) is 4.60. The molecule has 0 saturated carbocycles. The Morgan fingerprint density at radius 1 is 1.20 bits per heavy atom. The number of hydrogen-bond acceptors (Lipinski definition) is 2. The van der Waals surface area contributed by atoms with Gasteiger partial charge in [-0.3, -0.25) is 0 Å². The van der Waals surface area contributed by atoms with E-state index in [1.54, 1.807) is 0 Å². The minimum absolute atomic E-state index is 0.419. The van der Waals surface area contributed by atoms with Crippen LogP contribution in [0, 0.1) is 19.8 Å². The normalized spacial score (nSPS) is 11.0. The number of aromatic hydroxyl groups is 1. The van der Waals surface area contributed by atoms with Gasteiger partial charge in [-0.05, 0) is 43.0 Å². The molecule has 1 aromatic rings. The molecular weight excluding hydrogens is 186 g/mol. The highest BCUT2D eigenvalue weighted by molar-refractivity contribution is 5.42. The zero-order chi connectivity index (χ0) is 11.4. The maximum Gasteiger partial charge on any atom is 0.121 e. The van der Waals surface area contributed by atoms with Gasteiger partial charge >= 0.3 is 0 Å². The lowest BCUT2D eigenvalue weighted by Crippen LogP contribution is -2.19. The number of phenolic OH excluding ortho intramolecular Hbond substituents is 1. The van der Waals surface area contributed by atoms with Crippen LogP contribution < -0.4 is 5.32 Å². The fourth-order valence-corrected chi connectivity index (χ4v) is 1.65. The fraction of sp³-hybridized carbons (Fsp3) is 0.538. The lowest BCUT2D eigenvalue weighted by molar-refractivity contribution is 0.466. The minimum atomic E-state index is 0.419. The van der Waals surface area contributed by atoms with Gasteiger partial charge in [0.2, 0.25) is 0 Å². The van der Waals surface area contributed by atoms with Gasteiger partial charge in [-0.15, -0.1) is 0 Å². The van der Waals surface area contributed by atoms with Crippen molar-refractivity contribution in [2.75, 3.05) is 6.54 Å². The summed E-state index contributed by atoms with van der Waals surface area (Å²) in [6.07, 6.45) is 0. The molecule has 84 valence electrons. The number of nitrogens with one attached hydrogen (secondary N) is 1. The summed E-state index contributed by atoms with van der Waals surface area (Å²) < 4.78 is 0. The quantitative estimate of drug-likeness (QED) is 0.795. The van der Waals surface area contributed by atoms with Gasteiger partial charge in [0.1, 0.15) is 5.75 Å². The summed E-state index contributed by atoms with van der Waals surface area (Å²) >= 11 is 0. The highest BCUT2D eigenvalue weighted by Gasteiger charge is 2.03. The molecule has 0 radical (unpaired) electrons. The van der Waals surface area contributed by atoms with Crippen molar-refractivity contribution in [3.8, 4) is 5.75 Å². The first-order valence-corrected chi connectivity index (χ1v) is 5.50. The SMILES string of the molecule is Cc1cc(CNCC(C)C)cc(C)c1O. The highest BCUT2D eigenvalue weighted by Crippen LogP contribution is 2.22. The monoisotopic (exact) mass is 207 g/mol. The summed E-state index contributed by atoms with van der Waals surface area (Å²) in [7, 11) is 0. The molecule has 0 aliphatic heterocycles. The average Bonchev–Trinajstić information content (AvgIpc) is 2.13. The maximum absolute atomic E-state index is 9.62. The molecule has 0 bridgehead atoms. The van der Waals surface area contributed by atoms with E-state index in [0.717, 1.165) is 24.2 Å². The molecule has 0 fully saturated rings. The number of phenols is 1. The number of benzene rings is 1. The van der Waals surface area contributed by atoms with Gasteiger partial charge in [0, 0.05) is 6.54 Å². The van der Waals surface area contributed by atoms with Gasteiger partial charge in [-0.2, -0.15) is 0 Å². The third kappa shape index (κ3) is 3.56. The van der Waals surface area contributed by atoms with Crippen LogP contribution in [0.25, 0.3) is 0 Å². The fourth-order valence-electron chi connectivity index (χ4n) is 1.65. The van der Waals surface area contributed by atoms with E-state index in [1.807, 2.05) is 26.0 Å². The Morgan fingerprint density at radius 3 is 2.20 bits per heavy atom. The highest BCUT2D eigenvalue weighted by atomic mass is 16.3. The van der Waals surface area contributed by atoms with Crippen molar-refractivity contribution < 1.29 is 5.11 Å². The van der Waals surface area contributed by atoms with Crippen LogP contribution in [0.1, 0.15) is 30.5 Å². The second-order valence-corrected chi connectivity index (χ2v) is 4.60. The van der Waals surface area contributed by atoms with Gasteiger partial charge in [-0.1, -0.05) is 26.0 Å². The summed E-state index contributed by atoms with van der Waals surface area (Å²) in [4.78, 5) is 0. The molecule has 0 saturated heterocycles. The van der Waals surface area contributed by atoms with Gasteiger partial charge in [0.05, 0.1) is 0 Å². The third-order valence-electron chi connectivity index (χ3n) is 2.43. The number of aryl methyl sites for hydroxylation is 2. The van der Waals surface area contributed by atoms with Crippen molar-refractivity contribution in [3.05, 3.63) is 28.8 Å². The maximum atomic E-state index is 9.62. The van der Waals surface area contributed by atoms with Gasteiger partial charge in [0.25, 0.3) is 0 Å². The van der Waals surface area contributed by atoms with E-state index in [4.69, 9.17) is 0 Å². The van der Waals surface area contributed by atoms with Crippen LogP contribution in [0.2, 0.25) is 0 Å². The molecule has 0 unspecified atom stereocenters. The van der Waals surface area contributed by atoms with Crippen molar-refractivity contribution in [2.45, 2.75) is 34.2 Å². The van der Waals surface area contributed by atoms with Crippen LogP contribution in [-0.4, -0.2) is 11.7 Å². The molecule has 2 heteroatoms. The first-order chi connectivity index (χ1) is 7.00. The smallest absolute Gasteiger partial charge is 0.121 e. The molecule has 0 aliphatic rings. The Bertz CT molecular complexity index is 308. The molecule has 0 aliphatic carbocycles. The molecule has 1 aromatic carbocycles. The van der Waals surface area contributed by atoms with Gasteiger partial charge < -0.3 is 10.4 Å². The van der Waals surface area contributed by atoms with Gasteiger partial charge in [0.15, 0.2) is 0 Å². The zero-order valence-corrected chi connectivity index (χ0v) is 10.1. The van der Waals surface area contributed by atoms with Crippen LogP contribution in [0.5, 0.6) is 5.75 Å². The van der Waals surface area contributed by atoms with E-state index in [0.29, 0.717) is 11.7 Å². The molecule has 0 heterocycles. The van der Waals surface area contributed by atoms with Gasteiger partial charge in [-0.25, -0.2) is 0 Å². The minimum Gasteiger partial charge on any atom is -0.507 e. The zero-order valence-electron chi connectivity index (χ0n) is 10.1. The molecule has 0 atom stereocenters. The summed E-state index contributed by atoms with van der Waals surface area (Å²) in [5, 5.41) is 13.0. The molecule has 0 spiro atoms. The summed E-state index contributed by atoms with van der Waals surface area (Å²) in [6.45, 7) is 10.2. The Balaban J connectivity index is 2.63. The van der Waals surface area contributed by atoms with Crippen LogP contribution >= 0.6 is 0 Å². The van der Waals surface area contributed by atoms with Crippen molar-refractivity contribution >= 4 is 0 Å². The molecule has 15 heavy (non-hydrogen) atoms. The summed E-state index contributed by atoms with van der Waals surface area (Å²) in [5.74, 6) is 1.09. The molecule has 2 N–H and O–H groups in total. The number of hydrogen-bond donors (Lipinski definition) is 2. The van der Waals surface area contributed by atoms with E-state index < -0.39 is 0 Å². The summed E-state index contributed by atoms with van der Waals surface area (Å²) in [6, 6.07) is 4.07. The lowest BCUT2D eigenvalue weighted by Gasteiger charge is -2.10. The standard InChI is InChI=1S/C13H21NO/c1-9(2)7-14-8-12-5-10(3)13(15)11(4)6-12/h5-6,9,14-15H,7-8H2,1-4H3. The Kier molecular flexibility index (Phi) is 4.15. The van der Waals surface area contributed by atoms with Crippen LogP contribution in [0.3, 0.4) is 0 Å². The van der Waals surface area contributed by atoms with E-state index in [9.17, 15) is 5.11 Å². The van der Waals surface area contributed by atoms with E-state index in [-0.39, 0.29) is 0 Å². The topological polar surface area (TPSA) is 32.3 Å². The average molecular weight is 207 g/mol. The molecule has 2 nitrogen and oxygen atoms in total. The van der Waals surface area contributed by atoms with Crippen LogP contribution in [-0.2, 0) is 6.54 Å². The first-order valence-electron chi connectivity index (χ1n) is 5.50. The second kappa shape index (κ2) is 5.17. The Labute approximate surface area is 92.3 Å². The van der Waals surface area contributed by atoms with Crippen molar-refractivity contribution in [3.63, 3.8) is 0 Å².